The van der Waals surface area contributed by atoms with Crippen LogP contribution in [0, 0.1) is 6.92 Å². The number of fused-ring (bicyclic) bond motifs is 1. The average Bonchev–Trinajstić information content (AvgIpc) is 2.99. The Bertz CT molecular complexity index is 1160. The van der Waals surface area contributed by atoms with Crippen molar-refractivity contribution < 1.29 is 19.1 Å². The zero-order valence-corrected chi connectivity index (χ0v) is 20.6. The van der Waals surface area contributed by atoms with Crippen LogP contribution in [0.2, 0.25) is 0 Å². The molecule has 4 rings (SSSR count). The number of urea groups is 2. The minimum absolute atomic E-state index is 0.0398. The quantitative estimate of drug-likeness (QED) is 0.554. The molecular weight excluding hydrogens is 460 g/mol. The van der Waals surface area contributed by atoms with Gasteiger partial charge in [-0.15, -0.1) is 0 Å². The average molecular weight is 493 g/mol. The topological polar surface area (TPSA) is 120 Å². The maximum absolute atomic E-state index is 13.1. The standard InChI is InChI=1S/C26H32N6O4/c1-18-14-19(6-5-11-27-28-16-18)15-23(24(33)36-2)30-25(34)31-12-9-21(10-13-31)32-17-20-7-3-4-8-22(20)29-26(32)35/h3-8,11,14,16,21,23,27H,9-10,12-13,15,17H2,1-2H3,(H,29,35)(H,30,34). The summed E-state index contributed by atoms with van der Waals surface area (Å²) in [6.45, 7) is 3.44. The first-order valence-electron chi connectivity index (χ1n) is 12.1. The number of anilines is 1. The highest BCUT2D eigenvalue weighted by molar-refractivity contribution is 5.92. The number of benzene rings is 1. The lowest BCUT2D eigenvalue weighted by Gasteiger charge is -2.40. The second-order valence-electron chi connectivity index (χ2n) is 9.04. The number of H-pyrrole nitrogens is 1. The van der Waals surface area contributed by atoms with Crippen LogP contribution < -0.4 is 10.6 Å². The number of esters is 1. The fraction of sp³-hybridized carbons (Fsp3) is 0.385. The summed E-state index contributed by atoms with van der Waals surface area (Å²) in [4.78, 5) is 41.7. The van der Waals surface area contributed by atoms with Crippen LogP contribution in [-0.4, -0.2) is 70.3 Å². The lowest BCUT2D eigenvalue weighted by atomic mass is 10.0. The first kappa shape index (κ1) is 25.0. The van der Waals surface area contributed by atoms with Gasteiger partial charge in [0.15, 0.2) is 0 Å². The molecule has 190 valence electrons. The lowest BCUT2D eigenvalue weighted by molar-refractivity contribution is -0.142. The SMILES string of the molecule is COC(=O)C(Cc1ccc[nH]ncc(C)c1)NC(=O)N1CCC(N2Cc3ccccc3NC2=O)CC1. The Morgan fingerprint density at radius 3 is 2.75 bits per heavy atom. The number of aromatic amines is 1. The number of rotatable bonds is 5. The van der Waals surface area contributed by atoms with Gasteiger partial charge >= 0.3 is 18.0 Å². The summed E-state index contributed by atoms with van der Waals surface area (Å²) >= 11 is 0. The summed E-state index contributed by atoms with van der Waals surface area (Å²) in [5.41, 5.74) is 3.69. The van der Waals surface area contributed by atoms with Gasteiger partial charge in [0.1, 0.15) is 6.04 Å². The van der Waals surface area contributed by atoms with E-state index in [9.17, 15) is 14.4 Å². The Labute approximate surface area is 210 Å². The Morgan fingerprint density at radius 1 is 1.19 bits per heavy atom. The molecule has 1 saturated heterocycles. The fourth-order valence-electron chi connectivity index (χ4n) is 4.61. The number of likely N-dealkylation sites (tertiary alicyclic amines) is 1. The maximum Gasteiger partial charge on any atom is 0.328 e. The predicted molar refractivity (Wildman–Crippen MR) is 135 cm³/mol. The molecule has 3 heterocycles. The summed E-state index contributed by atoms with van der Waals surface area (Å²) < 4.78 is 4.96. The van der Waals surface area contributed by atoms with E-state index in [1.54, 1.807) is 23.4 Å². The molecule has 0 aliphatic carbocycles. The number of nitrogens with zero attached hydrogens (tertiary/aromatic N) is 3. The smallest absolute Gasteiger partial charge is 0.328 e. The van der Waals surface area contributed by atoms with E-state index in [-0.39, 0.29) is 24.5 Å². The van der Waals surface area contributed by atoms with E-state index in [4.69, 9.17) is 4.74 Å². The molecule has 0 radical (unpaired) electrons. The highest BCUT2D eigenvalue weighted by atomic mass is 16.5. The number of carbonyl (C=O) groups is 3. The number of piperidine rings is 1. The number of hydrogen-bond acceptors (Lipinski definition) is 5. The van der Waals surface area contributed by atoms with Crippen LogP contribution in [-0.2, 0) is 22.5 Å². The first-order valence-corrected chi connectivity index (χ1v) is 12.1. The molecule has 2 aliphatic heterocycles. The van der Waals surface area contributed by atoms with Crippen molar-refractivity contribution in [1.29, 1.82) is 0 Å². The Kier molecular flexibility index (Phi) is 8.04. The highest BCUT2D eigenvalue weighted by Crippen LogP contribution is 2.27. The van der Waals surface area contributed by atoms with Crippen molar-refractivity contribution in [2.24, 2.45) is 0 Å². The van der Waals surface area contributed by atoms with Crippen molar-refractivity contribution in [3.8, 4) is 0 Å². The molecule has 10 nitrogen and oxygen atoms in total. The monoisotopic (exact) mass is 492 g/mol. The second-order valence-corrected chi connectivity index (χ2v) is 9.04. The largest absolute Gasteiger partial charge is 0.467 e. The third kappa shape index (κ3) is 6.12. The van der Waals surface area contributed by atoms with Crippen LogP contribution in [0.15, 0.2) is 54.9 Å². The lowest BCUT2D eigenvalue weighted by Crippen LogP contribution is -2.54. The van der Waals surface area contributed by atoms with Gasteiger partial charge in [-0.1, -0.05) is 30.3 Å². The van der Waals surface area contributed by atoms with E-state index in [1.807, 2.05) is 48.2 Å². The zero-order valence-electron chi connectivity index (χ0n) is 20.6. The van der Waals surface area contributed by atoms with Gasteiger partial charge in [0.05, 0.1) is 13.3 Å². The number of amides is 4. The van der Waals surface area contributed by atoms with E-state index in [0.717, 1.165) is 22.4 Å². The van der Waals surface area contributed by atoms with Crippen molar-refractivity contribution >= 4 is 23.7 Å². The van der Waals surface area contributed by atoms with Crippen LogP contribution in [0.1, 0.15) is 29.5 Å². The van der Waals surface area contributed by atoms with Crippen LogP contribution >= 0.6 is 0 Å². The van der Waals surface area contributed by atoms with Crippen molar-refractivity contribution in [2.75, 3.05) is 25.5 Å². The van der Waals surface area contributed by atoms with Crippen LogP contribution in [0.3, 0.4) is 0 Å². The number of methoxy groups -OCH3 is 1. The molecule has 0 bridgehead atoms. The third-order valence-corrected chi connectivity index (χ3v) is 6.51. The molecule has 0 saturated carbocycles. The summed E-state index contributed by atoms with van der Waals surface area (Å²) in [5, 5.41) is 12.6. The van der Waals surface area contributed by atoms with E-state index in [1.165, 1.54) is 7.11 Å². The van der Waals surface area contributed by atoms with Gasteiger partial charge in [-0.25, -0.2) is 14.4 Å². The van der Waals surface area contributed by atoms with E-state index in [0.29, 0.717) is 32.5 Å². The number of para-hydroxylation sites is 1. The van der Waals surface area contributed by atoms with Gasteiger partial charge in [-0.3, -0.25) is 5.10 Å². The van der Waals surface area contributed by atoms with Gasteiger partial charge in [0.2, 0.25) is 0 Å². The summed E-state index contributed by atoms with van der Waals surface area (Å²) in [6, 6.07) is 12.1. The number of ether oxygens (including phenoxy) is 1. The first-order chi connectivity index (χ1) is 17.4. The van der Waals surface area contributed by atoms with Gasteiger partial charge in [0.25, 0.3) is 0 Å². The summed E-state index contributed by atoms with van der Waals surface area (Å²) in [7, 11) is 1.31. The number of carbonyl (C=O) groups excluding carboxylic acids is 3. The molecule has 0 spiro atoms. The molecule has 1 aromatic heterocycles. The zero-order chi connectivity index (χ0) is 25.5. The third-order valence-electron chi connectivity index (χ3n) is 6.51. The molecule has 1 fully saturated rings. The maximum atomic E-state index is 13.1. The Hall–Kier alpha value is -4.08. The molecule has 1 unspecified atom stereocenters. The van der Waals surface area contributed by atoms with E-state index in [2.05, 4.69) is 20.8 Å². The van der Waals surface area contributed by atoms with Gasteiger partial charge in [-0.2, -0.15) is 5.10 Å². The van der Waals surface area contributed by atoms with Crippen molar-refractivity contribution in [3.05, 3.63) is 71.5 Å². The second kappa shape index (κ2) is 11.6. The Morgan fingerprint density at radius 2 is 1.97 bits per heavy atom. The number of aryl methyl sites for hydroxylation is 1. The number of hydrogen-bond donors (Lipinski definition) is 3. The number of aromatic nitrogens is 2. The van der Waals surface area contributed by atoms with E-state index >= 15 is 0 Å². The summed E-state index contributed by atoms with van der Waals surface area (Å²) in [6.07, 6.45) is 4.96. The highest BCUT2D eigenvalue weighted by Gasteiger charge is 2.33. The van der Waals surface area contributed by atoms with Crippen molar-refractivity contribution in [3.63, 3.8) is 0 Å². The predicted octanol–water partition coefficient (Wildman–Crippen LogP) is 3.15. The molecule has 3 N–H and O–H groups in total. The summed E-state index contributed by atoms with van der Waals surface area (Å²) in [5.74, 6) is -0.510. The van der Waals surface area contributed by atoms with Crippen LogP contribution in [0.25, 0.3) is 0 Å². The van der Waals surface area contributed by atoms with Crippen LogP contribution in [0.4, 0.5) is 15.3 Å². The molecule has 4 amide bonds. The molecule has 36 heavy (non-hydrogen) atoms. The molecular formula is C26H32N6O4. The van der Waals surface area contributed by atoms with Gasteiger partial charge < -0.3 is 25.2 Å². The van der Waals surface area contributed by atoms with E-state index < -0.39 is 12.0 Å². The van der Waals surface area contributed by atoms with Crippen molar-refractivity contribution in [1.82, 2.24) is 25.3 Å². The van der Waals surface area contributed by atoms with Gasteiger partial charge in [0, 0.05) is 44.0 Å². The molecule has 2 aromatic rings. The molecule has 10 heteroatoms. The molecule has 2 aliphatic rings. The van der Waals surface area contributed by atoms with Crippen molar-refractivity contribution in [2.45, 2.75) is 44.8 Å². The van der Waals surface area contributed by atoms with Crippen LogP contribution in [0.5, 0.6) is 0 Å². The van der Waals surface area contributed by atoms with Gasteiger partial charge in [-0.05, 0) is 48.6 Å². The normalized spacial score (nSPS) is 16.3. The molecule has 1 aromatic carbocycles. The molecule has 1 atom stereocenters. The Balaban J connectivity index is 1.38. The minimum atomic E-state index is -0.834. The minimum Gasteiger partial charge on any atom is -0.467 e. The number of nitrogens with one attached hydrogen (secondary N) is 3. The fourth-order valence-corrected chi connectivity index (χ4v) is 4.61.